The lowest BCUT2D eigenvalue weighted by Crippen LogP contribution is -2.16. The number of carbonyl (C=O) groups excluding carboxylic acids is 2. The second-order valence-corrected chi connectivity index (χ2v) is 6.93. The molecule has 0 aliphatic heterocycles. The Balaban J connectivity index is 1.95. The van der Waals surface area contributed by atoms with Gasteiger partial charge in [0, 0.05) is 10.9 Å². The molecule has 23 heavy (non-hydrogen) atoms. The number of fused-ring (bicyclic) bond motifs is 1. The Kier molecular flexibility index (Phi) is 4.21. The lowest BCUT2D eigenvalue weighted by molar-refractivity contribution is 0.0601. The highest BCUT2D eigenvalue weighted by atomic mass is 32.1. The average molecular weight is 334 g/mol. The van der Waals surface area contributed by atoms with Crippen LogP contribution in [0.4, 0.5) is 5.00 Å². The summed E-state index contributed by atoms with van der Waals surface area (Å²) in [5.74, 6) is 0.332. The van der Waals surface area contributed by atoms with Gasteiger partial charge in [-0.25, -0.2) is 4.79 Å². The molecule has 3 rings (SSSR count). The van der Waals surface area contributed by atoms with Gasteiger partial charge in [-0.1, -0.05) is 12.1 Å². The third-order valence-corrected chi connectivity index (χ3v) is 5.16. The summed E-state index contributed by atoms with van der Waals surface area (Å²) in [4.78, 5) is 25.6. The minimum Gasteiger partial charge on any atom is -0.465 e. The van der Waals surface area contributed by atoms with Crippen molar-refractivity contribution < 1.29 is 18.8 Å². The molecule has 0 bridgehead atoms. The molecule has 0 saturated carbocycles. The van der Waals surface area contributed by atoms with Gasteiger partial charge < -0.3 is 14.6 Å². The molecule has 2 heterocycles. The maximum absolute atomic E-state index is 12.3. The summed E-state index contributed by atoms with van der Waals surface area (Å²) >= 11 is 1.45. The number of methoxy groups -OCH3 is 1. The predicted octanol–water partition coefficient (Wildman–Crippen LogP) is 3.21. The third kappa shape index (κ3) is 3.01. The average Bonchev–Trinajstić information content (AvgIpc) is 3.09. The third-order valence-electron chi connectivity index (χ3n) is 3.99. The first-order valence-corrected chi connectivity index (χ1v) is 8.28. The fraction of sp³-hybridized carbons (Fsp3) is 0.438. The van der Waals surface area contributed by atoms with Gasteiger partial charge in [0.15, 0.2) is 5.69 Å². The minimum atomic E-state index is -0.413. The van der Waals surface area contributed by atoms with Gasteiger partial charge in [-0.2, -0.15) is 0 Å². The van der Waals surface area contributed by atoms with E-state index in [4.69, 9.17) is 9.26 Å². The van der Waals surface area contributed by atoms with Crippen LogP contribution in [-0.4, -0.2) is 24.1 Å². The van der Waals surface area contributed by atoms with Gasteiger partial charge in [0.25, 0.3) is 5.91 Å². The number of carbonyl (C=O) groups is 2. The van der Waals surface area contributed by atoms with Crippen molar-refractivity contribution in [3.8, 4) is 0 Å². The standard InChI is InChI=1S/C16H18N2O4S/c1-8-4-5-10-12(6-8)23-15(13(10)16(20)21-3)17-14(19)11-7-9(2)22-18-11/h7-8H,4-6H2,1-3H3,(H,17,19)/t8-/m1/s1. The SMILES string of the molecule is COC(=O)c1c(NC(=O)c2cc(C)on2)sc2c1CC[C@@H](C)C2. The number of nitrogens with one attached hydrogen (secondary N) is 1. The van der Waals surface area contributed by atoms with Crippen molar-refractivity contribution in [2.75, 3.05) is 12.4 Å². The van der Waals surface area contributed by atoms with Crippen LogP contribution in [0.3, 0.4) is 0 Å². The fourth-order valence-corrected chi connectivity index (χ4v) is 4.19. The summed E-state index contributed by atoms with van der Waals surface area (Å²) in [6.45, 7) is 3.91. The number of amides is 1. The summed E-state index contributed by atoms with van der Waals surface area (Å²) in [7, 11) is 1.35. The molecular weight excluding hydrogens is 316 g/mol. The molecule has 1 atom stereocenters. The van der Waals surface area contributed by atoms with Crippen LogP contribution in [0.15, 0.2) is 10.6 Å². The number of aryl methyl sites for hydroxylation is 1. The molecule has 1 amide bonds. The first-order valence-electron chi connectivity index (χ1n) is 7.47. The van der Waals surface area contributed by atoms with Crippen LogP contribution in [0.1, 0.15) is 50.4 Å². The van der Waals surface area contributed by atoms with Crippen molar-refractivity contribution in [2.45, 2.75) is 33.1 Å². The summed E-state index contributed by atoms with van der Waals surface area (Å²) in [6, 6.07) is 1.56. The summed E-state index contributed by atoms with van der Waals surface area (Å²) < 4.78 is 9.82. The second-order valence-electron chi connectivity index (χ2n) is 5.82. The van der Waals surface area contributed by atoms with E-state index in [2.05, 4.69) is 17.4 Å². The molecule has 7 heteroatoms. The molecule has 1 N–H and O–H groups in total. The Morgan fingerprint density at radius 2 is 2.26 bits per heavy atom. The number of nitrogens with zero attached hydrogens (tertiary/aromatic N) is 1. The number of rotatable bonds is 3. The van der Waals surface area contributed by atoms with E-state index in [0.29, 0.717) is 22.2 Å². The molecular formula is C16H18N2O4S. The lowest BCUT2D eigenvalue weighted by Gasteiger charge is -2.18. The van der Waals surface area contributed by atoms with Gasteiger partial charge in [0.1, 0.15) is 10.8 Å². The van der Waals surface area contributed by atoms with Crippen molar-refractivity contribution >= 4 is 28.2 Å². The van der Waals surface area contributed by atoms with Crippen LogP contribution in [0.25, 0.3) is 0 Å². The molecule has 0 unspecified atom stereocenters. The molecule has 122 valence electrons. The molecule has 0 saturated heterocycles. The number of esters is 1. The normalized spacial score (nSPS) is 16.7. The van der Waals surface area contributed by atoms with Gasteiger partial charge in [0.2, 0.25) is 0 Å². The zero-order valence-corrected chi connectivity index (χ0v) is 14.1. The Hall–Kier alpha value is -2.15. The summed E-state index contributed by atoms with van der Waals surface area (Å²) in [5.41, 5.74) is 1.68. The van der Waals surface area contributed by atoms with E-state index >= 15 is 0 Å². The van der Waals surface area contributed by atoms with Crippen LogP contribution in [0.2, 0.25) is 0 Å². The van der Waals surface area contributed by atoms with E-state index in [0.717, 1.165) is 29.7 Å². The Morgan fingerprint density at radius 1 is 1.48 bits per heavy atom. The largest absolute Gasteiger partial charge is 0.465 e. The number of thiophene rings is 1. The zero-order chi connectivity index (χ0) is 16.6. The Labute approximate surface area is 137 Å². The van der Waals surface area contributed by atoms with Crippen LogP contribution < -0.4 is 5.32 Å². The van der Waals surface area contributed by atoms with Gasteiger partial charge in [0.05, 0.1) is 12.7 Å². The van der Waals surface area contributed by atoms with Gasteiger partial charge >= 0.3 is 5.97 Å². The highest BCUT2D eigenvalue weighted by Crippen LogP contribution is 2.40. The van der Waals surface area contributed by atoms with Crippen molar-refractivity contribution in [3.63, 3.8) is 0 Å². The van der Waals surface area contributed by atoms with Crippen molar-refractivity contribution in [1.29, 1.82) is 0 Å². The zero-order valence-electron chi connectivity index (χ0n) is 13.3. The number of hydrogen-bond donors (Lipinski definition) is 1. The highest BCUT2D eigenvalue weighted by Gasteiger charge is 2.29. The number of ether oxygens (including phenoxy) is 1. The van der Waals surface area contributed by atoms with Gasteiger partial charge in [-0.3, -0.25) is 4.79 Å². The van der Waals surface area contributed by atoms with E-state index < -0.39 is 11.9 Å². The maximum atomic E-state index is 12.3. The number of aromatic nitrogens is 1. The lowest BCUT2D eigenvalue weighted by atomic mass is 9.88. The van der Waals surface area contributed by atoms with Crippen molar-refractivity contribution in [2.24, 2.45) is 5.92 Å². The molecule has 6 nitrogen and oxygen atoms in total. The van der Waals surface area contributed by atoms with E-state index in [1.165, 1.54) is 18.4 Å². The topological polar surface area (TPSA) is 81.4 Å². The van der Waals surface area contributed by atoms with Crippen molar-refractivity contribution in [3.05, 3.63) is 33.5 Å². The second kappa shape index (κ2) is 6.16. The van der Waals surface area contributed by atoms with Crippen LogP contribution in [0.5, 0.6) is 0 Å². The smallest absolute Gasteiger partial charge is 0.341 e. The molecule has 2 aromatic heterocycles. The molecule has 2 aromatic rings. The summed E-state index contributed by atoms with van der Waals surface area (Å²) in [5, 5.41) is 7.01. The number of hydrogen-bond acceptors (Lipinski definition) is 6. The Bertz CT molecular complexity index is 762. The molecule has 0 spiro atoms. The van der Waals surface area contributed by atoms with E-state index in [1.54, 1.807) is 13.0 Å². The molecule has 1 aliphatic carbocycles. The molecule has 1 aliphatic rings. The first-order chi connectivity index (χ1) is 11.0. The van der Waals surface area contributed by atoms with Crippen LogP contribution in [-0.2, 0) is 17.6 Å². The van der Waals surface area contributed by atoms with Gasteiger partial charge in [-0.15, -0.1) is 11.3 Å². The van der Waals surface area contributed by atoms with Crippen LogP contribution >= 0.6 is 11.3 Å². The Morgan fingerprint density at radius 3 is 2.91 bits per heavy atom. The maximum Gasteiger partial charge on any atom is 0.341 e. The molecule has 0 fully saturated rings. The van der Waals surface area contributed by atoms with E-state index in [-0.39, 0.29) is 5.69 Å². The van der Waals surface area contributed by atoms with Crippen molar-refractivity contribution in [1.82, 2.24) is 5.16 Å². The summed E-state index contributed by atoms with van der Waals surface area (Å²) in [6.07, 6.45) is 2.78. The molecule has 0 aromatic carbocycles. The first kappa shape index (κ1) is 15.7. The van der Waals surface area contributed by atoms with E-state index in [9.17, 15) is 9.59 Å². The highest BCUT2D eigenvalue weighted by molar-refractivity contribution is 7.17. The van der Waals surface area contributed by atoms with Gasteiger partial charge in [-0.05, 0) is 37.7 Å². The number of anilines is 1. The van der Waals surface area contributed by atoms with E-state index in [1.807, 2.05) is 0 Å². The monoisotopic (exact) mass is 334 g/mol. The minimum absolute atomic E-state index is 0.193. The molecule has 0 radical (unpaired) electrons. The quantitative estimate of drug-likeness (QED) is 0.872. The fourth-order valence-electron chi connectivity index (χ4n) is 2.80. The van der Waals surface area contributed by atoms with Crippen LogP contribution in [0, 0.1) is 12.8 Å². The predicted molar refractivity (Wildman–Crippen MR) is 86.0 cm³/mol.